The van der Waals surface area contributed by atoms with Gasteiger partial charge in [-0.05, 0) is 37.1 Å². The molecule has 0 unspecified atom stereocenters. The van der Waals surface area contributed by atoms with Crippen molar-refractivity contribution in [3.05, 3.63) is 48.2 Å². The van der Waals surface area contributed by atoms with Crippen molar-refractivity contribution < 1.29 is 8.42 Å². The normalized spacial score (nSPS) is 11.1. The third-order valence-corrected chi connectivity index (χ3v) is 4.38. The number of hydrogen-bond donors (Lipinski definition) is 2. The highest BCUT2D eigenvalue weighted by molar-refractivity contribution is 7.92. The van der Waals surface area contributed by atoms with Crippen molar-refractivity contribution in [1.29, 1.82) is 0 Å². The van der Waals surface area contributed by atoms with Crippen molar-refractivity contribution in [3.63, 3.8) is 0 Å². The molecule has 0 aliphatic rings. The van der Waals surface area contributed by atoms with E-state index in [0.29, 0.717) is 11.5 Å². The molecule has 5 nitrogen and oxygen atoms in total. The van der Waals surface area contributed by atoms with E-state index in [1.807, 2.05) is 26.0 Å². The lowest BCUT2D eigenvalue weighted by Gasteiger charge is -2.13. The summed E-state index contributed by atoms with van der Waals surface area (Å²) in [6, 6.07) is 10.4. The summed E-state index contributed by atoms with van der Waals surface area (Å²) in [7, 11) is -3.67. The minimum absolute atomic E-state index is 0.225. The molecule has 6 heteroatoms. The van der Waals surface area contributed by atoms with Gasteiger partial charge in [0.1, 0.15) is 10.7 Å². The van der Waals surface area contributed by atoms with E-state index in [2.05, 4.69) is 15.0 Å². The molecule has 0 aliphatic heterocycles. The number of nitrogens with one attached hydrogen (secondary N) is 2. The van der Waals surface area contributed by atoms with Gasteiger partial charge in [0.15, 0.2) is 0 Å². The van der Waals surface area contributed by atoms with Gasteiger partial charge in [0.05, 0.1) is 5.69 Å². The Morgan fingerprint density at radius 2 is 1.90 bits per heavy atom. The quantitative estimate of drug-likeness (QED) is 0.860. The molecule has 2 aromatic rings. The highest BCUT2D eigenvalue weighted by Gasteiger charge is 2.19. The van der Waals surface area contributed by atoms with Crippen LogP contribution >= 0.6 is 0 Å². The molecule has 0 radical (unpaired) electrons. The van der Waals surface area contributed by atoms with E-state index in [-0.39, 0.29) is 4.90 Å². The van der Waals surface area contributed by atoms with E-state index in [1.54, 1.807) is 30.5 Å². The van der Waals surface area contributed by atoms with Crippen LogP contribution in [0, 0.1) is 6.92 Å². The van der Waals surface area contributed by atoms with Gasteiger partial charge in [0.2, 0.25) is 0 Å². The fourth-order valence-corrected chi connectivity index (χ4v) is 3.15. The Morgan fingerprint density at radius 1 is 1.14 bits per heavy atom. The second kappa shape index (κ2) is 6.58. The number of anilines is 2. The Hall–Kier alpha value is -2.08. The van der Waals surface area contributed by atoms with Crippen LogP contribution in [-0.4, -0.2) is 19.9 Å². The summed E-state index contributed by atoms with van der Waals surface area (Å²) < 4.78 is 27.6. The Kier molecular flexibility index (Phi) is 4.80. The first-order chi connectivity index (χ1) is 10.0. The first-order valence-corrected chi connectivity index (χ1v) is 8.30. The van der Waals surface area contributed by atoms with Gasteiger partial charge in [-0.3, -0.25) is 4.72 Å². The molecule has 112 valence electrons. The molecule has 1 aromatic carbocycles. The smallest absolute Gasteiger partial charge is 0.265 e. The minimum atomic E-state index is -3.67. The van der Waals surface area contributed by atoms with E-state index in [0.717, 1.165) is 18.5 Å². The number of benzene rings is 1. The first kappa shape index (κ1) is 15.3. The lowest BCUT2D eigenvalue weighted by molar-refractivity contribution is 0.601. The monoisotopic (exact) mass is 305 g/mol. The van der Waals surface area contributed by atoms with E-state index < -0.39 is 10.0 Å². The lowest BCUT2D eigenvalue weighted by atomic mass is 10.3. The van der Waals surface area contributed by atoms with Crippen molar-refractivity contribution in [1.82, 2.24) is 4.98 Å². The van der Waals surface area contributed by atoms with E-state index in [1.165, 1.54) is 0 Å². The number of pyridine rings is 1. The van der Waals surface area contributed by atoms with Crippen LogP contribution in [-0.2, 0) is 10.0 Å². The maximum Gasteiger partial charge on any atom is 0.265 e. The van der Waals surface area contributed by atoms with Gasteiger partial charge in [0, 0.05) is 12.7 Å². The third-order valence-electron chi connectivity index (χ3n) is 2.98. The fourth-order valence-electron chi connectivity index (χ4n) is 1.88. The number of para-hydroxylation sites is 1. The van der Waals surface area contributed by atoms with Gasteiger partial charge >= 0.3 is 0 Å². The van der Waals surface area contributed by atoms with Gasteiger partial charge < -0.3 is 5.32 Å². The molecule has 0 fully saturated rings. The second-order valence-electron chi connectivity index (χ2n) is 4.70. The lowest BCUT2D eigenvalue weighted by Crippen LogP contribution is -2.17. The van der Waals surface area contributed by atoms with Gasteiger partial charge in [-0.1, -0.05) is 25.1 Å². The number of nitrogens with zero attached hydrogens (tertiary/aromatic N) is 1. The molecule has 0 bridgehead atoms. The van der Waals surface area contributed by atoms with Crippen LogP contribution < -0.4 is 10.0 Å². The standard InChI is InChI=1S/C15H19N3O2S/c1-3-10-16-13-8-4-5-9-14(13)21(19,20)18-15-12(2)7-6-11-17-15/h4-9,11,16H,3,10H2,1-2H3,(H,17,18). The first-order valence-electron chi connectivity index (χ1n) is 6.82. The van der Waals surface area contributed by atoms with Crippen molar-refractivity contribution in [2.45, 2.75) is 25.2 Å². The summed E-state index contributed by atoms with van der Waals surface area (Å²) in [4.78, 5) is 4.30. The number of aryl methyl sites for hydroxylation is 1. The Morgan fingerprint density at radius 3 is 2.62 bits per heavy atom. The Balaban J connectivity index is 2.34. The highest BCUT2D eigenvalue weighted by Crippen LogP contribution is 2.23. The maximum atomic E-state index is 12.5. The summed E-state index contributed by atoms with van der Waals surface area (Å²) in [5.74, 6) is 0.350. The molecule has 0 saturated carbocycles. The Bertz CT molecular complexity index is 714. The summed E-state index contributed by atoms with van der Waals surface area (Å²) in [5, 5.41) is 3.13. The number of hydrogen-bond acceptors (Lipinski definition) is 4. The van der Waals surface area contributed by atoms with Crippen LogP contribution in [0.15, 0.2) is 47.5 Å². The molecule has 0 atom stereocenters. The molecule has 0 amide bonds. The van der Waals surface area contributed by atoms with E-state index in [9.17, 15) is 8.42 Å². The number of aromatic nitrogens is 1. The van der Waals surface area contributed by atoms with Crippen LogP contribution in [0.1, 0.15) is 18.9 Å². The molecule has 21 heavy (non-hydrogen) atoms. The predicted molar refractivity (Wildman–Crippen MR) is 85.0 cm³/mol. The van der Waals surface area contributed by atoms with Gasteiger partial charge in [-0.2, -0.15) is 0 Å². The summed E-state index contributed by atoms with van der Waals surface area (Å²) in [6.07, 6.45) is 2.48. The van der Waals surface area contributed by atoms with Crippen LogP contribution in [0.3, 0.4) is 0 Å². The molecule has 0 saturated heterocycles. The topological polar surface area (TPSA) is 71.1 Å². The van der Waals surface area contributed by atoms with Gasteiger partial charge in [-0.15, -0.1) is 0 Å². The minimum Gasteiger partial charge on any atom is -0.384 e. The molecular formula is C15H19N3O2S. The molecule has 2 rings (SSSR count). The predicted octanol–water partition coefficient (Wildman–Crippen LogP) is 3.01. The zero-order valence-electron chi connectivity index (χ0n) is 12.1. The Labute approximate surface area is 125 Å². The molecule has 1 heterocycles. The van der Waals surface area contributed by atoms with Crippen LogP contribution in [0.4, 0.5) is 11.5 Å². The summed E-state index contributed by atoms with van der Waals surface area (Å²) >= 11 is 0. The zero-order valence-corrected chi connectivity index (χ0v) is 12.9. The molecule has 1 aromatic heterocycles. The third kappa shape index (κ3) is 3.72. The van der Waals surface area contributed by atoms with Crippen molar-refractivity contribution >= 4 is 21.5 Å². The zero-order chi connectivity index (χ0) is 15.3. The van der Waals surface area contributed by atoms with Crippen molar-refractivity contribution in [2.24, 2.45) is 0 Å². The maximum absolute atomic E-state index is 12.5. The number of sulfonamides is 1. The SMILES string of the molecule is CCCNc1ccccc1S(=O)(=O)Nc1ncccc1C. The average Bonchev–Trinajstić information content (AvgIpc) is 2.47. The van der Waals surface area contributed by atoms with Crippen LogP contribution in [0.25, 0.3) is 0 Å². The highest BCUT2D eigenvalue weighted by atomic mass is 32.2. The van der Waals surface area contributed by atoms with E-state index in [4.69, 9.17) is 0 Å². The fraction of sp³-hybridized carbons (Fsp3) is 0.267. The van der Waals surface area contributed by atoms with Gasteiger partial charge in [-0.25, -0.2) is 13.4 Å². The largest absolute Gasteiger partial charge is 0.384 e. The van der Waals surface area contributed by atoms with E-state index >= 15 is 0 Å². The number of rotatable bonds is 6. The van der Waals surface area contributed by atoms with Crippen LogP contribution in [0.5, 0.6) is 0 Å². The van der Waals surface area contributed by atoms with Gasteiger partial charge in [0.25, 0.3) is 10.0 Å². The summed E-state index contributed by atoms with van der Waals surface area (Å²) in [6.45, 7) is 4.56. The molecule has 0 aliphatic carbocycles. The molecule has 0 spiro atoms. The second-order valence-corrected chi connectivity index (χ2v) is 6.35. The van der Waals surface area contributed by atoms with Crippen molar-refractivity contribution in [3.8, 4) is 0 Å². The average molecular weight is 305 g/mol. The van der Waals surface area contributed by atoms with Crippen LogP contribution in [0.2, 0.25) is 0 Å². The van der Waals surface area contributed by atoms with Crippen molar-refractivity contribution in [2.75, 3.05) is 16.6 Å². The molecule has 2 N–H and O–H groups in total. The molecular weight excluding hydrogens is 286 g/mol. The summed E-state index contributed by atoms with van der Waals surface area (Å²) in [5.41, 5.74) is 1.38.